The molecule has 0 spiro atoms. The average Bonchev–Trinajstić information content (AvgIpc) is 3.35. The number of carbonyl (C=O) groups excluding carboxylic acids is 1. The highest BCUT2D eigenvalue weighted by molar-refractivity contribution is 9.10. The van der Waals surface area contributed by atoms with Crippen LogP contribution in [0.1, 0.15) is 36.6 Å². The third-order valence-electron chi connectivity index (χ3n) is 6.88. The molecule has 3 aromatic carbocycles. The zero-order valence-corrected chi connectivity index (χ0v) is 28.0. The van der Waals surface area contributed by atoms with Gasteiger partial charge in [0.15, 0.2) is 16.3 Å². The summed E-state index contributed by atoms with van der Waals surface area (Å²) < 4.78 is 24.3. The summed E-state index contributed by atoms with van der Waals surface area (Å²) in [5.74, 6) is 0.350. The summed E-state index contributed by atoms with van der Waals surface area (Å²) in [5, 5.41) is 12.5. The number of rotatable bonds is 11. The highest BCUT2D eigenvalue weighted by Gasteiger charge is 2.31. The van der Waals surface area contributed by atoms with E-state index in [2.05, 4.69) is 20.9 Å². The summed E-state index contributed by atoms with van der Waals surface area (Å²) >= 11 is 10.7. The molecule has 5 rings (SSSR count). The van der Waals surface area contributed by atoms with Crippen molar-refractivity contribution in [1.82, 2.24) is 4.57 Å². The summed E-state index contributed by atoms with van der Waals surface area (Å²) in [6.45, 7) is 4.50. The van der Waals surface area contributed by atoms with Crippen molar-refractivity contribution >= 4 is 56.6 Å². The molecule has 238 valence electrons. The molecule has 2 heterocycles. The molecule has 1 atom stereocenters. The third kappa shape index (κ3) is 6.71. The average molecular weight is 729 g/mol. The van der Waals surface area contributed by atoms with Crippen LogP contribution in [0.15, 0.2) is 80.6 Å². The monoisotopic (exact) mass is 727 g/mol. The zero-order chi connectivity index (χ0) is 33.0. The molecule has 46 heavy (non-hydrogen) atoms. The van der Waals surface area contributed by atoms with Gasteiger partial charge in [-0.05, 0) is 71.2 Å². The van der Waals surface area contributed by atoms with Gasteiger partial charge < -0.3 is 18.9 Å². The van der Waals surface area contributed by atoms with Crippen LogP contribution >= 0.6 is 38.9 Å². The zero-order valence-electron chi connectivity index (χ0n) is 24.8. The van der Waals surface area contributed by atoms with E-state index in [1.807, 2.05) is 13.8 Å². The minimum Gasteiger partial charge on any atom is -0.490 e. The van der Waals surface area contributed by atoms with Gasteiger partial charge >= 0.3 is 11.7 Å². The standard InChI is InChI=1S/C32H27BrClN3O8S/c1-4-43-25-11-10-19(15-26(25)44-5-2)28-21(31(39)42-3)16-35-32-36(28)30(38)27(46-32)14-18-12-22(33)29(24(13-18)37(40)41)45-17-20-8-6-7-9-23(20)34/h6-16,28H,4-5,17H2,1-3H3/b27-14+/t28-/m0/s1. The normalized spacial score (nSPS) is 14.2. The maximum absolute atomic E-state index is 14.0. The number of esters is 1. The molecule has 0 saturated carbocycles. The van der Waals surface area contributed by atoms with Crippen LogP contribution in [-0.4, -0.2) is 35.8 Å². The van der Waals surface area contributed by atoms with Crippen molar-refractivity contribution in [2.75, 3.05) is 20.3 Å². The Bertz CT molecular complexity index is 2040. The lowest BCUT2D eigenvalue weighted by molar-refractivity contribution is -0.386. The molecule has 0 fully saturated rings. The van der Waals surface area contributed by atoms with Crippen molar-refractivity contribution in [1.29, 1.82) is 0 Å². The first-order chi connectivity index (χ1) is 22.2. The van der Waals surface area contributed by atoms with Gasteiger partial charge in [0.2, 0.25) is 5.75 Å². The second-order valence-electron chi connectivity index (χ2n) is 9.74. The van der Waals surface area contributed by atoms with Crippen LogP contribution in [0.2, 0.25) is 5.02 Å². The number of hydrogen-bond acceptors (Lipinski definition) is 10. The second kappa shape index (κ2) is 14.3. The topological polar surface area (TPSA) is 131 Å². The fourth-order valence-corrected chi connectivity index (χ4v) is 6.61. The van der Waals surface area contributed by atoms with Crippen molar-refractivity contribution < 1.29 is 28.7 Å². The van der Waals surface area contributed by atoms with E-state index >= 15 is 0 Å². The quantitative estimate of drug-likeness (QED) is 0.109. The van der Waals surface area contributed by atoms with Crippen LogP contribution in [0.3, 0.4) is 0 Å². The van der Waals surface area contributed by atoms with E-state index in [4.69, 9.17) is 30.5 Å². The molecular formula is C32H27BrClN3O8S. The molecule has 0 amide bonds. The molecule has 14 heteroatoms. The van der Waals surface area contributed by atoms with Gasteiger partial charge in [-0.3, -0.25) is 19.5 Å². The Morgan fingerprint density at radius 2 is 1.85 bits per heavy atom. The predicted octanol–water partition coefficient (Wildman–Crippen LogP) is 5.72. The van der Waals surface area contributed by atoms with E-state index in [1.54, 1.807) is 48.5 Å². The molecule has 4 aromatic rings. The fourth-order valence-electron chi connectivity index (χ4n) is 4.87. The lowest BCUT2D eigenvalue weighted by atomic mass is 9.97. The first-order valence-corrected chi connectivity index (χ1v) is 16.0. The van der Waals surface area contributed by atoms with E-state index < -0.39 is 22.5 Å². The minimum absolute atomic E-state index is 0.0101. The van der Waals surface area contributed by atoms with Crippen LogP contribution in [0.5, 0.6) is 17.2 Å². The van der Waals surface area contributed by atoms with Gasteiger partial charge in [0.1, 0.15) is 6.61 Å². The summed E-state index contributed by atoms with van der Waals surface area (Å²) in [4.78, 5) is 43.0. The van der Waals surface area contributed by atoms with Crippen molar-refractivity contribution in [3.63, 3.8) is 0 Å². The summed E-state index contributed by atoms with van der Waals surface area (Å²) in [5.41, 5.74) is 1.00. The molecule has 0 saturated heterocycles. The van der Waals surface area contributed by atoms with Gasteiger partial charge in [0, 0.05) is 22.9 Å². The number of ether oxygens (including phenoxy) is 4. The van der Waals surface area contributed by atoms with Crippen molar-refractivity contribution in [2.24, 2.45) is 4.99 Å². The Hall–Kier alpha value is -4.46. The highest BCUT2D eigenvalue weighted by atomic mass is 79.9. The van der Waals surface area contributed by atoms with Crippen LogP contribution in [0.25, 0.3) is 6.08 Å². The molecule has 1 aliphatic heterocycles. The van der Waals surface area contributed by atoms with E-state index in [9.17, 15) is 19.7 Å². The number of nitro groups is 1. The van der Waals surface area contributed by atoms with Crippen LogP contribution < -0.4 is 29.1 Å². The first kappa shape index (κ1) is 32.9. The third-order valence-corrected chi connectivity index (χ3v) is 8.83. The number of hydrogen-bond donors (Lipinski definition) is 0. The summed E-state index contributed by atoms with van der Waals surface area (Å²) in [7, 11) is 1.25. The van der Waals surface area contributed by atoms with E-state index in [0.717, 1.165) is 11.3 Å². The van der Waals surface area contributed by atoms with Gasteiger partial charge in [-0.15, -0.1) is 0 Å². The van der Waals surface area contributed by atoms with Crippen molar-refractivity contribution in [2.45, 2.75) is 26.5 Å². The smallest absolute Gasteiger partial charge is 0.337 e. The molecule has 0 unspecified atom stereocenters. The van der Waals surface area contributed by atoms with Gasteiger partial charge in [-0.2, -0.15) is 0 Å². The number of nitrogens with zero attached hydrogens (tertiary/aromatic N) is 3. The molecule has 0 radical (unpaired) electrons. The van der Waals surface area contributed by atoms with Crippen molar-refractivity contribution in [3.8, 4) is 17.2 Å². The summed E-state index contributed by atoms with van der Waals surface area (Å²) in [6.07, 6.45) is 2.91. The van der Waals surface area contributed by atoms with E-state index in [1.165, 1.54) is 30.0 Å². The first-order valence-electron chi connectivity index (χ1n) is 14.0. The van der Waals surface area contributed by atoms with Gasteiger partial charge in [-0.25, -0.2) is 9.79 Å². The number of thiazole rings is 1. The molecule has 0 aliphatic carbocycles. The molecule has 1 aromatic heterocycles. The molecule has 0 N–H and O–H groups in total. The Morgan fingerprint density at radius 3 is 2.54 bits per heavy atom. The molecular weight excluding hydrogens is 702 g/mol. The Balaban J connectivity index is 1.59. The number of benzene rings is 3. The molecule has 11 nitrogen and oxygen atoms in total. The number of nitro benzene ring substituents is 1. The maximum Gasteiger partial charge on any atom is 0.337 e. The largest absolute Gasteiger partial charge is 0.490 e. The Kier molecular flexibility index (Phi) is 10.2. The molecule has 0 bridgehead atoms. The lowest BCUT2D eigenvalue weighted by Crippen LogP contribution is -2.39. The Morgan fingerprint density at radius 1 is 1.11 bits per heavy atom. The summed E-state index contributed by atoms with van der Waals surface area (Å²) in [6, 6.07) is 14.3. The minimum atomic E-state index is -0.887. The maximum atomic E-state index is 14.0. The second-order valence-corrected chi connectivity index (χ2v) is 12.0. The predicted molar refractivity (Wildman–Crippen MR) is 177 cm³/mol. The fraction of sp³-hybridized carbons (Fsp3) is 0.219. The lowest BCUT2D eigenvalue weighted by Gasteiger charge is -2.23. The van der Waals surface area contributed by atoms with Crippen LogP contribution in [0, 0.1) is 10.1 Å². The van der Waals surface area contributed by atoms with Gasteiger partial charge in [-0.1, -0.05) is 47.2 Å². The van der Waals surface area contributed by atoms with Crippen molar-refractivity contribution in [3.05, 3.63) is 122 Å². The van der Waals surface area contributed by atoms with Crippen LogP contribution in [-0.2, 0) is 16.1 Å². The van der Waals surface area contributed by atoms with Crippen LogP contribution in [0.4, 0.5) is 5.69 Å². The highest BCUT2D eigenvalue weighted by Crippen LogP contribution is 2.38. The number of methoxy groups -OCH3 is 1. The number of halogens is 2. The number of carbonyl (C=O) groups is 1. The number of fused-ring (bicyclic) bond motifs is 1. The van der Waals surface area contributed by atoms with Gasteiger partial charge in [0.05, 0.1) is 45.9 Å². The SMILES string of the molecule is CCOc1ccc([C@H]2C(C(=O)OC)=CN=c3s/c(=C/c4cc(Br)c(OCc5ccccc5Cl)c([N+](=O)[O-])c4)c(=O)n32)cc1OCC. The Labute approximate surface area is 280 Å². The number of aromatic nitrogens is 1. The van der Waals surface area contributed by atoms with E-state index in [-0.39, 0.29) is 28.1 Å². The van der Waals surface area contributed by atoms with E-state index in [0.29, 0.717) is 55.7 Å². The van der Waals surface area contributed by atoms with Gasteiger partial charge in [0.25, 0.3) is 5.56 Å². The molecule has 1 aliphatic rings.